The van der Waals surface area contributed by atoms with E-state index >= 15 is 0 Å². The summed E-state index contributed by atoms with van der Waals surface area (Å²) in [6.07, 6.45) is 1.17. The minimum Gasteiger partial charge on any atom is -0.462 e. The van der Waals surface area contributed by atoms with Crippen molar-refractivity contribution in [3.05, 3.63) is 0 Å². The van der Waals surface area contributed by atoms with E-state index in [0.717, 1.165) is 12.8 Å². The maximum Gasteiger partial charge on any atom is 0.308 e. The lowest BCUT2D eigenvalue weighted by Crippen LogP contribution is -2.19. The number of rotatable bonds is 5. The molecule has 0 heterocycles. The van der Waals surface area contributed by atoms with Crippen LogP contribution < -0.4 is 0 Å². The molecule has 0 aromatic carbocycles. The summed E-state index contributed by atoms with van der Waals surface area (Å²) in [6.45, 7) is 5.53. The third-order valence-electron chi connectivity index (χ3n) is 1.67. The Bertz CT molecular complexity index is 128. The van der Waals surface area contributed by atoms with Crippen molar-refractivity contribution in [2.45, 2.75) is 52.2 Å². The Balaban J connectivity index is 3.66. The van der Waals surface area contributed by atoms with Gasteiger partial charge in [-0.25, -0.2) is 0 Å². The molecule has 0 saturated heterocycles. The Morgan fingerprint density at radius 3 is 2.25 bits per heavy atom. The van der Waals surface area contributed by atoms with Crippen LogP contribution in [0.1, 0.15) is 40.0 Å². The van der Waals surface area contributed by atoms with Crippen LogP contribution in [0.25, 0.3) is 0 Å². The number of esters is 1. The second kappa shape index (κ2) is 6.00. The molecule has 12 heavy (non-hydrogen) atoms. The summed E-state index contributed by atoms with van der Waals surface area (Å²) < 4.78 is 5.06. The van der Waals surface area contributed by atoms with Crippen LogP contribution in [0.5, 0.6) is 0 Å². The number of aliphatic hydroxyl groups excluding tert-OH is 1. The summed E-state index contributed by atoms with van der Waals surface area (Å²) >= 11 is 0. The van der Waals surface area contributed by atoms with Gasteiger partial charge in [0.15, 0.2) is 0 Å². The normalized spacial score (nSPS) is 13.1. The highest BCUT2D eigenvalue weighted by Gasteiger charge is 2.12. The molecule has 0 aromatic heterocycles. The molecule has 1 unspecified atom stereocenters. The van der Waals surface area contributed by atoms with Crippen LogP contribution >= 0.6 is 0 Å². The number of hydrogen-bond acceptors (Lipinski definition) is 3. The van der Waals surface area contributed by atoms with E-state index in [1.807, 2.05) is 13.8 Å². The Hall–Kier alpha value is -0.570. The molecule has 0 aliphatic carbocycles. The lowest BCUT2D eigenvalue weighted by Gasteiger charge is -2.14. The summed E-state index contributed by atoms with van der Waals surface area (Å²) in [5, 5.41) is 8.88. The lowest BCUT2D eigenvalue weighted by atomic mass is 10.2. The van der Waals surface area contributed by atoms with Gasteiger partial charge >= 0.3 is 5.97 Å². The minimum absolute atomic E-state index is 0.0104. The van der Waals surface area contributed by atoms with Crippen molar-refractivity contribution in [2.75, 3.05) is 0 Å². The van der Waals surface area contributed by atoms with Crippen LogP contribution in [-0.4, -0.2) is 23.3 Å². The van der Waals surface area contributed by atoms with Crippen molar-refractivity contribution >= 4 is 5.97 Å². The van der Waals surface area contributed by atoms with Gasteiger partial charge in [0.1, 0.15) is 6.10 Å². The molecule has 0 aliphatic rings. The molecule has 3 nitrogen and oxygen atoms in total. The van der Waals surface area contributed by atoms with Gasteiger partial charge in [-0.3, -0.25) is 4.79 Å². The standard InChI is InChI=1S/C9H18O3/c1-4-8(5-2)12-9(11)6-7(3)10/h7-8,10H,4-6H2,1-3H3. The molecular weight excluding hydrogens is 156 g/mol. The first-order valence-corrected chi connectivity index (χ1v) is 4.47. The number of aliphatic hydroxyl groups is 1. The van der Waals surface area contributed by atoms with Crippen LogP contribution in [0.4, 0.5) is 0 Å². The molecule has 0 spiro atoms. The van der Waals surface area contributed by atoms with Gasteiger partial charge in [0.05, 0.1) is 12.5 Å². The van der Waals surface area contributed by atoms with Crippen molar-refractivity contribution in [1.82, 2.24) is 0 Å². The molecule has 1 N–H and O–H groups in total. The van der Waals surface area contributed by atoms with Crippen molar-refractivity contribution < 1.29 is 14.6 Å². The van der Waals surface area contributed by atoms with Crippen LogP contribution in [0.3, 0.4) is 0 Å². The van der Waals surface area contributed by atoms with Gasteiger partial charge in [0.25, 0.3) is 0 Å². The minimum atomic E-state index is -0.605. The zero-order valence-corrected chi connectivity index (χ0v) is 8.04. The summed E-state index contributed by atoms with van der Waals surface area (Å²) in [4.78, 5) is 11.0. The van der Waals surface area contributed by atoms with Crippen LogP contribution in [0.15, 0.2) is 0 Å². The predicted octanol–water partition coefficient (Wildman–Crippen LogP) is 1.49. The van der Waals surface area contributed by atoms with Crippen LogP contribution in [0.2, 0.25) is 0 Å². The fraction of sp³-hybridized carbons (Fsp3) is 0.889. The van der Waals surface area contributed by atoms with Crippen LogP contribution in [-0.2, 0) is 9.53 Å². The second-order valence-corrected chi connectivity index (χ2v) is 2.98. The predicted molar refractivity (Wildman–Crippen MR) is 46.8 cm³/mol. The first-order chi connectivity index (χ1) is 5.60. The monoisotopic (exact) mass is 174 g/mol. The lowest BCUT2D eigenvalue weighted by molar-refractivity contribution is -0.151. The number of hydrogen-bond donors (Lipinski definition) is 1. The Morgan fingerprint density at radius 2 is 1.92 bits per heavy atom. The van der Waals surface area contributed by atoms with Gasteiger partial charge in [-0.1, -0.05) is 13.8 Å². The number of ether oxygens (including phenoxy) is 1. The molecule has 3 heteroatoms. The summed E-state index contributed by atoms with van der Waals surface area (Å²) in [5.41, 5.74) is 0. The van der Waals surface area contributed by atoms with Gasteiger partial charge in [-0.05, 0) is 19.8 Å². The van der Waals surface area contributed by atoms with E-state index < -0.39 is 6.10 Å². The summed E-state index contributed by atoms with van der Waals surface area (Å²) in [7, 11) is 0. The molecule has 0 radical (unpaired) electrons. The fourth-order valence-electron chi connectivity index (χ4n) is 0.931. The van der Waals surface area contributed by atoms with E-state index in [0.29, 0.717) is 0 Å². The average molecular weight is 174 g/mol. The smallest absolute Gasteiger partial charge is 0.308 e. The molecule has 0 bridgehead atoms. The highest BCUT2D eigenvalue weighted by atomic mass is 16.5. The highest BCUT2D eigenvalue weighted by Crippen LogP contribution is 2.05. The first kappa shape index (κ1) is 11.4. The van der Waals surface area contributed by atoms with Gasteiger partial charge in [0, 0.05) is 0 Å². The third-order valence-corrected chi connectivity index (χ3v) is 1.67. The zero-order chi connectivity index (χ0) is 9.56. The van der Waals surface area contributed by atoms with Gasteiger partial charge in [-0.2, -0.15) is 0 Å². The van der Waals surface area contributed by atoms with Crippen molar-refractivity contribution in [3.63, 3.8) is 0 Å². The van der Waals surface area contributed by atoms with E-state index in [1.54, 1.807) is 6.92 Å². The molecule has 0 aliphatic heterocycles. The fourth-order valence-corrected chi connectivity index (χ4v) is 0.931. The summed E-state index contributed by atoms with van der Waals surface area (Å²) in [5.74, 6) is -0.307. The zero-order valence-electron chi connectivity index (χ0n) is 8.04. The molecule has 0 fully saturated rings. The third kappa shape index (κ3) is 5.13. The number of carbonyl (C=O) groups excluding carboxylic acids is 1. The Kier molecular flexibility index (Phi) is 5.72. The molecule has 0 amide bonds. The van der Waals surface area contributed by atoms with Gasteiger partial charge in [-0.15, -0.1) is 0 Å². The van der Waals surface area contributed by atoms with Gasteiger partial charge < -0.3 is 9.84 Å². The highest BCUT2D eigenvalue weighted by molar-refractivity contribution is 5.70. The van der Waals surface area contributed by atoms with E-state index in [-0.39, 0.29) is 18.5 Å². The second-order valence-electron chi connectivity index (χ2n) is 2.98. The SMILES string of the molecule is CCC(CC)OC(=O)CC(C)O. The van der Waals surface area contributed by atoms with Crippen molar-refractivity contribution in [1.29, 1.82) is 0 Å². The molecule has 0 saturated carbocycles. The van der Waals surface area contributed by atoms with Crippen molar-refractivity contribution in [3.8, 4) is 0 Å². The van der Waals surface area contributed by atoms with Crippen LogP contribution in [0, 0.1) is 0 Å². The topological polar surface area (TPSA) is 46.5 Å². The molecule has 0 aromatic rings. The van der Waals surface area contributed by atoms with E-state index in [1.165, 1.54) is 0 Å². The van der Waals surface area contributed by atoms with E-state index in [4.69, 9.17) is 9.84 Å². The molecular formula is C9H18O3. The Labute approximate surface area is 73.7 Å². The maximum absolute atomic E-state index is 11.0. The van der Waals surface area contributed by atoms with Gasteiger partial charge in [0.2, 0.25) is 0 Å². The number of carbonyl (C=O) groups is 1. The Morgan fingerprint density at radius 1 is 1.42 bits per heavy atom. The molecule has 0 rings (SSSR count). The first-order valence-electron chi connectivity index (χ1n) is 4.47. The quantitative estimate of drug-likeness (QED) is 0.642. The van der Waals surface area contributed by atoms with E-state index in [9.17, 15) is 4.79 Å². The molecule has 72 valence electrons. The largest absolute Gasteiger partial charge is 0.462 e. The van der Waals surface area contributed by atoms with E-state index in [2.05, 4.69) is 0 Å². The van der Waals surface area contributed by atoms with Crippen molar-refractivity contribution in [2.24, 2.45) is 0 Å². The summed E-state index contributed by atoms with van der Waals surface area (Å²) in [6, 6.07) is 0. The molecule has 1 atom stereocenters. The average Bonchev–Trinajstić information content (AvgIpc) is 1.98. The maximum atomic E-state index is 11.0.